The first kappa shape index (κ1) is 12.0. The Hall–Kier alpha value is -1.43. The summed E-state index contributed by atoms with van der Waals surface area (Å²) >= 11 is 0. The SMILES string of the molecule is CC1CCCCC1(CN)NC(=O)c1ncn[nH]1. The van der Waals surface area contributed by atoms with Crippen molar-refractivity contribution in [2.75, 3.05) is 6.54 Å². The summed E-state index contributed by atoms with van der Waals surface area (Å²) in [5.74, 6) is 0.422. The van der Waals surface area contributed by atoms with Gasteiger partial charge < -0.3 is 11.1 Å². The normalized spacial score (nSPS) is 28.9. The quantitative estimate of drug-likeness (QED) is 0.710. The molecule has 0 spiro atoms. The number of carbonyl (C=O) groups is 1. The second-order valence-electron chi connectivity index (χ2n) is 4.80. The van der Waals surface area contributed by atoms with Crippen LogP contribution < -0.4 is 11.1 Å². The number of H-pyrrole nitrogens is 1. The van der Waals surface area contributed by atoms with E-state index in [2.05, 4.69) is 27.4 Å². The maximum atomic E-state index is 12.0. The van der Waals surface area contributed by atoms with E-state index in [1.54, 1.807) is 0 Å². The van der Waals surface area contributed by atoms with Crippen molar-refractivity contribution in [3.63, 3.8) is 0 Å². The molecule has 0 aromatic carbocycles. The fraction of sp³-hybridized carbons (Fsp3) is 0.727. The first-order valence-electron chi connectivity index (χ1n) is 6.06. The van der Waals surface area contributed by atoms with Crippen molar-refractivity contribution in [2.24, 2.45) is 11.7 Å². The van der Waals surface area contributed by atoms with E-state index in [0.29, 0.717) is 12.5 Å². The summed E-state index contributed by atoms with van der Waals surface area (Å²) < 4.78 is 0. The Bertz CT molecular complexity index is 377. The lowest BCUT2D eigenvalue weighted by Crippen LogP contribution is -2.59. The lowest BCUT2D eigenvalue weighted by molar-refractivity contribution is 0.0802. The van der Waals surface area contributed by atoms with Crippen molar-refractivity contribution in [1.82, 2.24) is 20.5 Å². The number of rotatable bonds is 3. The minimum absolute atomic E-state index is 0.221. The van der Waals surface area contributed by atoms with Gasteiger partial charge >= 0.3 is 0 Å². The molecule has 1 aliphatic rings. The summed E-state index contributed by atoms with van der Waals surface area (Å²) in [5.41, 5.74) is 5.58. The first-order chi connectivity index (χ1) is 8.18. The predicted molar refractivity (Wildman–Crippen MR) is 63.3 cm³/mol. The molecule has 1 aliphatic carbocycles. The second-order valence-corrected chi connectivity index (χ2v) is 4.80. The summed E-state index contributed by atoms with van der Waals surface area (Å²) in [5, 5.41) is 9.28. The maximum Gasteiger partial charge on any atom is 0.289 e. The Morgan fingerprint density at radius 2 is 2.53 bits per heavy atom. The molecule has 4 N–H and O–H groups in total. The Labute approximate surface area is 100 Å². The van der Waals surface area contributed by atoms with E-state index in [9.17, 15) is 4.79 Å². The van der Waals surface area contributed by atoms with Gasteiger partial charge in [-0.15, -0.1) is 0 Å². The molecule has 94 valence electrons. The molecule has 1 aromatic rings. The molecule has 1 amide bonds. The van der Waals surface area contributed by atoms with Crippen molar-refractivity contribution in [3.8, 4) is 0 Å². The number of aromatic nitrogens is 3. The molecule has 6 nitrogen and oxygen atoms in total. The molecule has 1 saturated carbocycles. The van der Waals surface area contributed by atoms with Crippen LogP contribution >= 0.6 is 0 Å². The smallest absolute Gasteiger partial charge is 0.289 e. The highest BCUT2D eigenvalue weighted by Crippen LogP contribution is 2.32. The van der Waals surface area contributed by atoms with Gasteiger partial charge in [0.1, 0.15) is 6.33 Å². The minimum atomic E-state index is -0.290. The average molecular weight is 237 g/mol. The number of aromatic amines is 1. The third-order valence-electron chi connectivity index (χ3n) is 3.81. The van der Waals surface area contributed by atoms with Crippen LogP contribution in [0.25, 0.3) is 0 Å². The van der Waals surface area contributed by atoms with Gasteiger partial charge in [-0.05, 0) is 18.8 Å². The first-order valence-corrected chi connectivity index (χ1v) is 6.06. The van der Waals surface area contributed by atoms with Gasteiger partial charge in [0.25, 0.3) is 5.91 Å². The molecule has 0 saturated heterocycles. The molecule has 2 atom stereocenters. The van der Waals surface area contributed by atoms with Crippen LogP contribution in [0.15, 0.2) is 6.33 Å². The molecule has 0 bridgehead atoms. The summed E-state index contributed by atoms with van der Waals surface area (Å²) in [7, 11) is 0. The van der Waals surface area contributed by atoms with Gasteiger partial charge in [-0.25, -0.2) is 4.98 Å². The van der Waals surface area contributed by atoms with Crippen molar-refractivity contribution >= 4 is 5.91 Å². The van der Waals surface area contributed by atoms with E-state index in [-0.39, 0.29) is 17.3 Å². The van der Waals surface area contributed by atoms with E-state index in [4.69, 9.17) is 5.73 Å². The average Bonchev–Trinajstić information content (AvgIpc) is 2.86. The molecule has 0 aliphatic heterocycles. The zero-order valence-corrected chi connectivity index (χ0v) is 10.1. The van der Waals surface area contributed by atoms with Gasteiger partial charge in [-0.2, -0.15) is 5.10 Å². The van der Waals surface area contributed by atoms with Gasteiger partial charge in [0.2, 0.25) is 5.82 Å². The van der Waals surface area contributed by atoms with E-state index in [0.717, 1.165) is 19.3 Å². The molecule has 2 unspecified atom stereocenters. The van der Waals surface area contributed by atoms with E-state index < -0.39 is 0 Å². The standard InChI is InChI=1S/C11H19N5O/c1-8-4-2-3-5-11(8,6-12)15-10(17)9-13-7-14-16-9/h7-8H,2-6,12H2,1H3,(H,15,17)(H,13,14,16). The van der Waals surface area contributed by atoms with Crippen LogP contribution in [0.4, 0.5) is 0 Å². The number of hydrogen-bond acceptors (Lipinski definition) is 4. The summed E-state index contributed by atoms with van der Waals surface area (Å²) in [6, 6.07) is 0. The highest BCUT2D eigenvalue weighted by molar-refractivity contribution is 5.90. The Morgan fingerprint density at radius 3 is 3.12 bits per heavy atom. The van der Waals surface area contributed by atoms with E-state index in [1.807, 2.05) is 0 Å². The molecule has 1 aromatic heterocycles. The third kappa shape index (κ3) is 2.31. The van der Waals surface area contributed by atoms with Crippen LogP contribution in [0, 0.1) is 5.92 Å². The number of nitrogens with two attached hydrogens (primary N) is 1. The summed E-state index contributed by atoms with van der Waals surface area (Å²) in [6.07, 6.45) is 5.69. The zero-order chi connectivity index (χ0) is 12.3. The second kappa shape index (κ2) is 4.83. The van der Waals surface area contributed by atoms with Gasteiger partial charge in [0.15, 0.2) is 0 Å². The van der Waals surface area contributed by atoms with Crippen LogP contribution in [0.1, 0.15) is 43.2 Å². The molecular weight excluding hydrogens is 218 g/mol. The number of hydrogen-bond donors (Lipinski definition) is 3. The molecule has 0 radical (unpaired) electrons. The molecule has 1 fully saturated rings. The van der Waals surface area contributed by atoms with Crippen molar-refractivity contribution in [3.05, 3.63) is 12.2 Å². The van der Waals surface area contributed by atoms with Crippen LogP contribution in [0.2, 0.25) is 0 Å². The van der Waals surface area contributed by atoms with Crippen molar-refractivity contribution < 1.29 is 4.79 Å². The van der Waals surface area contributed by atoms with Crippen LogP contribution in [0.5, 0.6) is 0 Å². The number of carbonyl (C=O) groups excluding carboxylic acids is 1. The van der Waals surface area contributed by atoms with Gasteiger partial charge in [0.05, 0.1) is 5.54 Å². The zero-order valence-electron chi connectivity index (χ0n) is 10.1. The van der Waals surface area contributed by atoms with Gasteiger partial charge in [-0.1, -0.05) is 19.8 Å². The summed E-state index contributed by atoms with van der Waals surface area (Å²) in [4.78, 5) is 15.8. The maximum absolute atomic E-state index is 12.0. The number of amides is 1. The Balaban J connectivity index is 2.11. The highest BCUT2D eigenvalue weighted by atomic mass is 16.2. The molecular formula is C11H19N5O. The topological polar surface area (TPSA) is 96.7 Å². The largest absolute Gasteiger partial charge is 0.342 e. The lowest BCUT2D eigenvalue weighted by atomic mass is 9.73. The molecule has 17 heavy (non-hydrogen) atoms. The van der Waals surface area contributed by atoms with E-state index >= 15 is 0 Å². The molecule has 1 heterocycles. The van der Waals surface area contributed by atoms with E-state index in [1.165, 1.54) is 12.7 Å². The molecule has 2 rings (SSSR count). The fourth-order valence-corrected chi connectivity index (χ4v) is 2.55. The monoisotopic (exact) mass is 237 g/mol. The highest BCUT2D eigenvalue weighted by Gasteiger charge is 2.38. The van der Waals surface area contributed by atoms with Crippen LogP contribution in [-0.2, 0) is 0 Å². The number of nitrogens with zero attached hydrogens (tertiary/aromatic N) is 2. The molecule has 6 heteroatoms. The predicted octanol–water partition coefficient (Wildman–Crippen LogP) is 0.442. The Morgan fingerprint density at radius 1 is 1.71 bits per heavy atom. The van der Waals surface area contributed by atoms with Crippen molar-refractivity contribution in [2.45, 2.75) is 38.1 Å². The van der Waals surface area contributed by atoms with Crippen LogP contribution in [0.3, 0.4) is 0 Å². The lowest BCUT2D eigenvalue weighted by Gasteiger charge is -2.42. The van der Waals surface area contributed by atoms with Crippen molar-refractivity contribution in [1.29, 1.82) is 0 Å². The summed E-state index contributed by atoms with van der Waals surface area (Å²) in [6.45, 7) is 2.61. The van der Waals surface area contributed by atoms with Crippen LogP contribution in [-0.4, -0.2) is 33.2 Å². The fourth-order valence-electron chi connectivity index (χ4n) is 2.55. The van der Waals surface area contributed by atoms with Gasteiger partial charge in [0, 0.05) is 6.54 Å². The minimum Gasteiger partial charge on any atom is -0.342 e. The third-order valence-corrected chi connectivity index (χ3v) is 3.81. The van der Waals surface area contributed by atoms with Gasteiger partial charge in [-0.3, -0.25) is 9.89 Å². The Kier molecular flexibility index (Phi) is 3.42. The number of nitrogens with one attached hydrogen (secondary N) is 2.